The first kappa shape index (κ1) is 10.7. The molecular formula is C11H15NO2. The molecule has 14 heavy (non-hydrogen) atoms. The van der Waals surface area contributed by atoms with Gasteiger partial charge in [0.2, 0.25) is 0 Å². The van der Waals surface area contributed by atoms with Gasteiger partial charge in [0.05, 0.1) is 0 Å². The zero-order valence-electron chi connectivity index (χ0n) is 8.29. The van der Waals surface area contributed by atoms with E-state index in [1.165, 1.54) is 11.1 Å². The lowest BCUT2D eigenvalue weighted by molar-refractivity contribution is -0.0979. The Kier molecular flexibility index (Phi) is 3.65. The average molecular weight is 193 g/mol. The molecule has 3 heteroatoms. The maximum Gasteiger partial charge on any atom is 0.115 e. The van der Waals surface area contributed by atoms with Crippen LogP contribution in [0.1, 0.15) is 18.1 Å². The quantitative estimate of drug-likeness (QED) is 0.651. The van der Waals surface area contributed by atoms with E-state index in [9.17, 15) is 5.11 Å². The van der Waals surface area contributed by atoms with E-state index >= 15 is 0 Å². The molecule has 0 saturated heterocycles. The van der Waals surface area contributed by atoms with Crippen molar-refractivity contribution in [2.45, 2.75) is 25.9 Å². The summed E-state index contributed by atoms with van der Waals surface area (Å²) in [6.07, 6.45) is 1.07. The monoisotopic (exact) mass is 193 g/mol. The molecule has 0 saturated carbocycles. The Labute approximate surface area is 83.8 Å². The van der Waals surface area contributed by atoms with Gasteiger partial charge in [0.25, 0.3) is 0 Å². The molecule has 0 aliphatic carbocycles. The molecule has 0 amide bonds. The Morgan fingerprint density at radius 3 is 2.86 bits per heavy atom. The highest BCUT2D eigenvalue weighted by molar-refractivity contribution is 5.36. The molecule has 1 heterocycles. The summed E-state index contributed by atoms with van der Waals surface area (Å²) in [5.41, 5.74) is 2.59. The minimum absolute atomic E-state index is 0.366. The molecule has 2 rings (SSSR count). The van der Waals surface area contributed by atoms with E-state index in [1.54, 1.807) is 6.07 Å². The van der Waals surface area contributed by atoms with Gasteiger partial charge in [-0.05, 0) is 36.6 Å². The fourth-order valence-corrected chi connectivity index (χ4v) is 1.66. The smallest absolute Gasteiger partial charge is 0.115 e. The van der Waals surface area contributed by atoms with Crippen LogP contribution < -0.4 is 5.32 Å². The third-order valence-corrected chi connectivity index (χ3v) is 2.36. The van der Waals surface area contributed by atoms with Crippen molar-refractivity contribution in [1.29, 1.82) is 0 Å². The van der Waals surface area contributed by atoms with Gasteiger partial charge in [-0.3, -0.25) is 0 Å². The predicted octanol–water partition coefficient (Wildman–Crippen LogP) is 1.24. The first-order valence-corrected chi connectivity index (χ1v) is 4.59. The maximum absolute atomic E-state index is 9.23. The van der Waals surface area contributed by atoms with E-state index in [2.05, 4.69) is 12.2 Å². The molecule has 0 spiro atoms. The standard InChI is InChI=1S/C10H13NO.CH2O/c1-7-4-8-2-3-10(12)5-9(8)6-11-7;1-2/h2-3,5,7,11-12H,4,6H2,1H3;1H2/t7-;/m0./s1. The van der Waals surface area contributed by atoms with Crippen LogP contribution in [0.15, 0.2) is 18.2 Å². The molecule has 2 N–H and O–H groups in total. The van der Waals surface area contributed by atoms with Gasteiger partial charge in [-0.15, -0.1) is 0 Å². The number of nitrogens with one attached hydrogen (secondary N) is 1. The van der Waals surface area contributed by atoms with Crippen LogP contribution in [0.25, 0.3) is 0 Å². The molecule has 1 aromatic rings. The van der Waals surface area contributed by atoms with Gasteiger partial charge >= 0.3 is 0 Å². The Bertz CT molecular complexity index is 312. The Balaban J connectivity index is 0.000000461. The minimum Gasteiger partial charge on any atom is -0.508 e. The lowest BCUT2D eigenvalue weighted by atomic mass is 9.97. The van der Waals surface area contributed by atoms with Crippen LogP contribution >= 0.6 is 0 Å². The number of rotatable bonds is 0. The van der Waals surface area contributed by atoms with Crippen molar-refractivity contribution in [3.63, 3.8) is 0 Å². The summed E-state index contributed by atoms with van der Waals surface area (Å²) < 4.78 is 0. The van der Waals surface area contributed by atoms with Crippen LogP contribution in [-0.4, -0.2) is 17.9 Å². The van der Waals surface area contributed by atoms with Gasteiger partial charge in [0.15, 0.2) is 0 Å². The number of phenolic OH excluding ortho intramolecular Hbond substituents is 1. The van der Waals surface area contributed by atoms with Gasteiger partial charge in [0, 0.05) is 12.6 Å². The lowest BCUT2D eigenvalue weighted by Gasteiger charge is -2.22. The first-order chi connectivity index (χ1) is 6.75. The van der Waals surface area contributed by atoms with E-state index in [0.717, 1.165) is 13.0 Å². The highest BCUT2D eigenvalue weighted by Crippen LogP contribution is 2.20. The Morgan fingerprint density at radius 2 is 2.14 bits per heavy atom. The van der Waals surface area contributed by atoms with E-state index in [-0.39, 0.29) is 0 Å². The third-order valence-electron chi connectivity index (χ3n) is 2.36. The number of phenols is 1. The molecular weight excluding hydrogens is 178 g/mol. The van der Waals surface area contributed by atoms with Crippen LogP contribution in [-0.2, 0) is 17.8 Å². The number of hydrogen-bond acceptors (Lipinski definition) is 3. The van der Waals surface area contributed by atoms with Gasteiger partial charge < -0.3 is 15.2 Å². The van der Waals surface area contributed by atoms with Gasteiger partial charge in [0.1, 0.15) is 12.5 Å². The minimum atomic E-state index is 0.366. The van der Waals surface area contributed by atoms with Crippen LogP contribution in [0.3, 0.4) is 0 Å². The number of benzene rings is 1. The Morgan fingerprint density at radius 1 is 1.43 bits per heavy atom. The lowest BCUT2D eigenvalue weighted by Crippen LogP contribution is -2.32. The Hall–Kier alpha value is -1.35. The second-order valence-electron chi connectivity index (χ2n) is 3.44. The molecule has 0 fully saturated rings. The third kappa shape index (κ3) is 2.33. The van der Waals surface area contributed by atoms with E-state index < -0.39 is 0 Å². The largest absolute Gasteiger partial charge is 0.508 e. The summed E-state index contributed by atoms with van der Waals surface area (Å²) in [6, 6.07) is 6.18. The van der Waals surface area contributed by atoms with Crippen molar-refractivity contribution in [2.75, 3.05) is 0 Å². The summed E-state index contributed by atoms with van der Waals surface area (Å²) >= 11 is 0. The average Bonchev–Trinajstić information content (AvgIpc) is 2.21. The number of carbonyl (C=O) groups excluding carboxylic acids is 1. The van der Waals surface area contributed by atoms with Crippen molar-refractivity contribution in [2.24, 2.45) is 0 Å². The van der Waals surface area contributed by atoms with E-state index in [0.29, 0.717) is 11.8 Å². The number of fused-ring (bicyclic) bond motifs is 1. The molecule has 3 nitrogen and oxygen atoms in total. The van der Waals surface area contributed by atoms with Crippen molar-refractivity contribution in [3.8, 4) is 5.75 Å². The summed E-state index contributed by atoms with van der Waals surface area (Å²) in [6.45, 7) is 5.06. The predicted molar refractivity (Wildman–Crippen MR) is 55.2 cm³/mol. The van der Waals surface area contributed by atoms with Crippen LogP contribution in [0, 0.1) is 0 Å². The fraction of sp³-hybridized carbons (Fsp3) is 0.364. The summed E-state index contributed by atoms with van der Waals surface area (Å²) in [7, 11) is 0. The van der Waals surface area contributed by atoms with E-state index in [4.69, 9.17) is 4.79 Å². The SMILES string of the molecule is C=O.C[C@H]1Cc2ccc(O)cc2CN1. The summed E-state index contributed by atoms with van der Waals surface area (Å²) in [5.74, 6) is 0.366. The van der Waals surface area contributed by atoms with Crippen molar-refractivity contribution < 1.29 is 9.90 Å². The van der Waals surface area contributed by atoms with Crippen LogP contribution in [0.5, 0.6) is 5.75 Å². The zero-order chi connectivity index (χ0) is 10.6. The van der Waals surface area contributed by atoms with Crippen molar-refractivity contribution in [3.05, 3.63) is 29.3 Å². The topological polar surface area (TPSA) is 49.3 Å². The summed E-state index contributed by atoms with van der Waals surface area (Å²) in [4.78, 5) is 8.00. The maximum atomic E-state index is 9.23. The van der Waals surface area contributed by atoms with E-state index in [1.807, 2.05) is 18.9 Å². The molecule has 1 aliphatic rings. The number of aromatic hydroxyl groups is 1. The number of carbonyl (C=O) groups is 1. The normalized spacial score (nSPS) is 19.1. The van der Waals surface area contributed by atoms with Crippen LogP contribution in [0.2, 0.25) is 0 Å². The number of hydrogen-bond donors (Lipinski definition) is 2. The van der Waals surface area contributed by atoms with Gasteiger partial charge in [-0.2, -0.15) is 0 Å². The molecule has 1 aliphatic heterocycles. The molecule has 0 radical (unpaired) electrons. The van der Waals surface area contributed by atoms with Crippen molar-refractivity contribution >= 4 is 6.79 Å². The molecule has 0 aromatic heterocycles. The van der Waals surface area contributed by atoms with Crippen LogP contribution in [0.4, 0.5) is 0 Å². The second-order valence-corrected chi connectivity index (χ2v) is 3.44. The first-order valence-electron chi connectivity index (χ1n) is 4.59. The fourth-order valence-electron chi connectivity index (χ4n) is 1.66. The second kappa shape index (κ2) is 4.77. The molecule has 1 atom stereocenters. The highest BCUT2D eigenvalue weighted by Gasteiger charge is 2.13. The molecule has 0 unspecified atom stereocenters. The highest BCUT2D eigenvalue weighted by atomic mass is 16.3. The van der Waals surface area contributed by atoms with Crippen molar-refractivity contribution in [1.82, 2.24) is 5.32 Å². The zero-order valence-corrected chi connectivity index (χ0v) is 8.29. The molecule has 1 aromatic carbocycles. The van der Waals surface area contributed by atoms with Gasteiger partial charge in [-0.1, -0.05) is 6.07 Å². The molecule has 76 valence electrons. The summed E-state index contributed by atoms with van der Waals surface area (Å²) in [5, 5.41) is 12.6. The molecule has 0 bridgehead atoms. The van der Waals surface area contributed by atoms with Gasteiger partial charge in [-0.25, -0.2) is 0 Å².